The molecule has 0 aliphatic carbocycles. The molecule has 1 aromatic rings. The van der Waals surface area contributed by atoms with E-state index < -0.39 is 6.04 Å². The Morgan fingerprint density at radius 1 is 1.50 bits per heavy atom. The van der Waals surface area contributed by atoms with Gasteiger partial charge in [-0.15, -0.1) is 12.4 Å². The molecular weight excluding hydrogens is 319 g/mol. The molecule has 8 heteroatoms. The van der Waals surface area contributed by atoms with Crippen molar-refractivity contribution in [2.75, 3.05) is 12.8 Å². The van der Waals surface area contributed by atoms with Crippen LogP contribution >= 0.6 is 48.2 Å². The van der Waals surface area contributed by atoms with E-state index >= 15 is 0 Å². The van der Waals surface area contributed by atoms with Gasteiger partial charge in [-0.05, 0) is 24.7 Å². The first-order valence-electron chi connectivity index (χ1n) is 4.83. The summed E-state index contributed by atoms with van der Waals surface area (Å²) in [4.78, 5) is 15.3. The Kier molecular flexibility index (Phi) is 8.73. The van der Waals surface area contributed by atoms with Crippen molar-refractivity contribution < 1.29 is 9.53 Å². The van der Waals surface area contributed by atoms with Gasteiger partial charge in [0.25, 0.3) is 0 Å². The maximum atomic E-state index is 11.5. The van der Waals surface area contributed by atoms with Crippen LogP contribution in [0.4, 0.5) is 0 Å². The van der Waals surface area contributed by atoms with Gasteiger partial charge < -0.3 is 10.1 Å². The largest absolute Gasteiger partial charge is 0.460 e. The smallest absolute Gasteiger partial charge is 0.324 e. The summed E-state index contributed by atoms with van der Waals surface area (Å²) in [5.74, 6) is -0.000684. The average Bonchev–Trinajstić information content (AvgIpc) is 2.27. The maximum absolute atomic E-state index is 11.5. The van der Waals surface area contributed by atoms with Crippen molar-refractivity contribution in [1.82, 2.24) is 10.3 Å². The van der Waals surface area contributed by atoms with Crippen molar-refractivity contribution in [2.45, 2.75) is 12.6 Å². The number of ether oxygens (including phenoxy) is 1. The lowest BCUT2D eigenvalue weighted by molar-refractivity contribution is -0.146. The zero-order chi connectivity index (χ0) is 12.8. The lowest BCUT2D eigenvalue weighted by Crippen LogP contribution is -2.37. The van der Waals surface area contributed by atoms with Crippen molar-refractivity contribution in [2.24, 2.45) is 0 Å². The Morgan fingerprint density at radius 2 is 2.06 bits per heavy atom. The molecule has 102 valence electrons. The van der Waals surface area contributed by atoms with Crippen molar-refractivity contribution in [3.63, 3.8) is 0 Å². The first-order chi connectivity index (χ1) is 8.06. The summed E-state index contributed by atoms with van der Waals surface area (Å²) in [6, 6.07) is 2.76. The van der Waals surface area contributed by atoms with Crippen LogP contribution in [-0.2, 0) is 16.1 Å². The minimum Gasteiger partial charge on any atom is -0.460 e. The van der Waals surface area contributed by atoms with E-state index in [0.29, 0.717) is 11.3 Å². The average molecular weight is 332 g/mol. The second-order valence-electron chi connectivity index (χ2n) is 3.25. The highest BCUT2D eigenvalue weighted by Gasteiger charge is 2.16. The molecule has 0 fully saturated rings. The summed E-state index contributed by atoms with van der Waals surface area (Å²) in [6.07, 6.45) is 0. The van der Waals surface area contributed by atoms with Gasteiger partial charge in [-0.3, -0.25) is 4.79 Å². The van der Waals surface area contributed by atoms with Crippen LogP contribution in [0.25, 0.3) is 0 Å². The zero-order valence-corrected chi connectivity index (χ0v) is 12.7. The van der Waals surface area contributed by atoms with Crippen LogP contribution in [0, 0.1) is 0 Å². The Morgan fingerprint density at radius 3 is 2.50 bits per heavy atom. The molecule has 0 aliphatic rings. The molecule has 4 nitrogen and oxygen atoms in total. The van der Waals surface area contributed by atoms with Gasteiger partial charge in [0.15, 0.2) is 0 Å². The fourth-order valence-electron chi connectivity index (χ4n) is 1.14. The number of rotatable bonds is 5. The van der Waals surface area contributed by atoms with Crippen LogP contribution < -0.4 is 5.32 Å². The number of thiol groups is 1. The molecule has 0 aliphatic heterocycles. The summed E-state index contributed by atoms with van der Waals surface area (Å²) in [7, 11) is 1.67. The van der Waals surface area contributed by atoms with Crippen LogP contribution in [0.5, 0.6) is 0 Å². The number of carbonyl (C=O) groups is 1. The lowest BCUT2D eigenvalue weighted by atomic mass is 10.3. The summed E-state index contributed by atoms with van der Waals surface area (Å²) in [5.41, 5.74) is 0.692. The first-order valence-corrected chi connectivity index (χ1v) is 6.22. The van der Waals surface area contributed by atoms with E-state index in [0.717, 1.165) is 0 Å². The van der Waals surface area contributed by atoms with Gasteiger partial charge in [-0.1, -0.05) is 23.2 Å². The van der Waals surface area contributed by atoms with E-state index in [1.807, 2.05) is 0 Å². The van der Waals surface area contributed by atoms with Gasteiger partial charge in [0.2, 0.25) is 0 Å². The number of nitrogens with one attached hydrogen (secondary N) is 1. The third-order valence-electron chi connectivity index (χ3n) is 2.02. The van der Waals surface area contributed by atoms with Gasteiger partial charge in [-0.2, -0.15) is 12.6 Å². The molecule has 1 aromatic heterocycles. The second kappa shape index (κ2) is 8.82. The molecule has 1 atom stereocenters. The Balaban J connectivity index is 0.00000289. The predicted octanol–water partition coefficient (Wildman–Crippen LogP) is 2.37. The topological polar surface area (TPSA) is 51.2 Å². The normalized spacial score (nSPS) is 11.6. The van der Waals surface area contributed by atoms with Gasteiger partial charge in [0.05, 0.1) is 0 Å². The third kappa shape index (κ3) is 5.63. The number of carbonyl (C=O) groups excluding carboxylic acids is 1. The summed E-state index contributed by atoms with van der Waals surface area (Å²) in [6.45, 7) is 0.104. The molecule has 18 heavy (non-hydrogen) atoms. The minimum absolute atomic E-state index is 0. The Labute approximate surface area is 127 Å². The maximum Gasteiger partial charge on any atom is 0.324 e. The highest BCUT2D eigenvalue weighted by atomic mass is 35.5. The molecule has 0 aromatic carbocycles. The number of hydrogen-bond donors (Lipinski definition) is 2. The van der Waals surface area contributed by atoms with Gasteiger partial charge >= 0.3 is 5.97 Å². The lowest BCUT2D eigenvalue weighted by Gasteiger charge is -2.12. The predicted molar refractivity (Wildman–Crippen MR) is 78.0 cm³/mol. The number of halogens is 3. The van der Waals surface area contributed by atoms with Crippen molar-refractivity contribution in [1.29, 1.82) is 0 Å². The van der Waals surface area contributed by atoms with E-state index in [1.54, 1.807) is 19.2 Å². The number of likely N-dealkylation sites (N-methyl/N-ethyl adjacent to an activating group) is 1. The third-order valence-corrected chi connectivity index (χ3v) is 2.77. The minimum atomic E-state index is -0.425. The molecule has 0 spiro atoms. The number of hydrogen-bond acceptors (Lipinski definition) is 5. The summed E-state index contributed by atoms with van der Waals surface area (Å²) < 4.78 is 5.09. The zero-order valence-electron chi connectivity index (χ0n) is 9.52. The van der Waals surface area contributed by atoms with Gasteiger partial charge in [0.1, 0.15) is 23.0 Å². The van der Waals surface area contributed by atoms with E-state index in [-0.39, 0.29) is 35.3 Å². The Hall–Kier alpha value is -0.200. The first kappa shape index (κ1) is 17.8. The van der Waals surface area contributed by atoms with Gasteiger partial charge in [-0.25, -0.2) is 4.98 Å². The Bertz CT molecular complexity index is 382. The second-order valence-corrected chi connectivity index (χ2v) is 4.39. The molecule has 1 heterocycles. The standard InChI is InChI=1S/C10H12Cl2N2O2S.ClH/c1-13-7(5-17)10(15)16-4-6-2-8(11)14-9(12)3-6;/h2-3,7,13,17H,4-5H2,1H3;1H/t7-;/m0./s1. The number of nitrogens with zero attached hydrogens (tertiary/aromatic N) is 1. The van der Waals surface area contributed by atoms with Crippen molar-refractivity contribution in [3.8, 4) is 0 Å². The number of aromatic nitrogens is 1. The van der Waals surface area contributed by atoms with Crippen LogP contribution in [-0.4, -0.2) is 29.8 Å². The molecule has 0 saturated heterocycles. The van der Waals surface area contributed by atoms with Gasteiger partial charge in [0, 0.05) is 5.75 Å². The van der Waals surface area contributed by atoms with Crippen LogP contribution in [0.3, 0.4) is 0 Å². The van der Waals surface area contributed by atoms with E-state index in [1.165, 1.54) is 0 Å². The summed E-state index contributed by atoms with van der Waals surface area (Å²) >= 11 is 15.5. The highest BCUT2D eigenvalue weighted by molar-refractivity contribution is 7.80. The highest BCUT2D eigenvalue weighted by Crippen LogP contribution is 2.15. The van der Waals surface area contributed by atoms with Crippen molar-refractivity contribution >= 4 is 54.2 Å². The van der Waals surface area contributed by atoms with Crippen LogP contribution in [0.1, 0.15) is 5.56 Å². The molecule has 1 N–H and O–H groups in total. The molecule has 0 amide bonds. The quantitative estimate of drug-likeness (QED) is 0.494. The fourth-order valence-corrected chi connectivity index (χ4v) is 1.97. The molecule has 0 bridgehead atoms. The van der Waals surface area contributed by atoms with Crippen LogP contribution in [0.15, 0.2) is 12.1 Å². The van der Waals surface area contributed by atoms with E-state index in [4.69, 9.17) is 27.9 Å². The van der Waals surface area contributed by atoms with Crippen LogP contribution in [0.2, 0.25) is 10.3 Å². The monoisotopic (exact) mass is 330 g/mol. The molecular formula is C10H13Cl3N2O2S. The van der Waals surface area contributed by atoms with Crippen molar-refractivity contribution in [3.05, 3.63) is 28.0 Å². The SMILES string of the molecule is CN[C@@H](CS)C(=O)OCc1cc(Cl)nc(Cl)c1.Cl. The number of esters is 1. The number of pyridine rings is 1. The molecule has 0 saturated carbocycles. The van der Waals surface area contributed by atoms with E-state index in [9.17, 15) is 4.79 Å². The van der Waals surface area contributed by atoms with E-state index in [2.05, 4.69) is 22.9 Å². The molecule has 1 rings (SSSR count). The fraction of sp³-hybridized carbons (Fsp3) is 0.400. The molecule has 0 radical (unpaired) electrons. The molecule has 0 unspecified atom stereocenters. The summed E-state index contributed by atoms with van der Waals surface area (Å²) in [5, 5.41) is 3.33.